The van der Waals surface area contributed by atoms with E-state index in [2.05, 4.69) is 11.8 Å². The van der Waals surface area contributed by atoms with Crippen LogP contribution in [0.3, 0.4) is 0 Å². The third-order valence-electron chi connectivity index (χ3n) is 6.63. The van der Waals surface area contributed by atoms with Gasteiger partial charge in [0.05, 0.1) is 4.90 Å². The Bertz CT molecular complexity index is 904. The molecule has 2 aliphatic rings. The standard InChI is InChI=1S/C22H30N2O2S.ClH/c1-17-12-14-24(15-13-17)20-11-10-19(16-20)23(2)27(25,26)22-9-5-7-18-6-3-4-8-21(18)22;/h3-9,17,19-20H,10-16H2,1-2H3;1H. The maximum Gasteiger partial charge on any atom is 0.243 e. The SMILES string of the molecule is CC1CCN(C2CCC(N(C)S(=O)(=O)c3cccc4ccccc34)C2)CC1.Cl. The number of piperidine rings is 1. The third-order valence-corrected chi connectivity index (χ3v) is 8.60. The van der Waals surface area contributed by atoms with Crippen LogP contribution in [0.4, 0.5) is 0 Å². The van der Waals surface area contributed by atoms with E-state index in [9.17, 15) is 8.42 Å². The summed E-state index contributed by atoms with van der Waals surface area (Å²) in [7, 11) is -1.73. The largest absolute Gasteiger partial charge is 0.300 e. The Morgan fingerprint density at radius 2 is 1.64 bits per heavy atom. The van der Waals surface area contributed by atoms with E-state index in [4.69, 9.17) is 0 Å². The van der Waals surface area contributed by atoms with Gasteiger partial charge in [0.25, 0.3) is 0 Å². The van der Waals surface area contributed by atoms with Crippen LogP contribution in [0.1, 0.15) is 39.0 Å². The van der Waals surface area contributed by atoms with Gasteiger partial charge < -0.3 is 4.90 Å². The Morgan fingerprint density at radius 1 is 0.964 bits per heavy atom. The van der Waals surface area contributed by atoms with E-state index in [1.807, 2.05) is 36.4 Å². The van der Waals surface area contributed by atoms with Gasteiger partial charge in [-0.25, -0.2) is 8.42 Å². The molecule has 154 valence electrons. The number of halogens is 1. The molecule has 1 saturated heterocycles. The molecule has 2 fully saturated rings. The fourth-order valence-electron chi connectivity index (χ4n) is 4.76. The highest BCUT2D eigenvalue weighted by molar-refractivity contribution is 7.89. The van der Waals surface area contributed by atoms with Crippen molar-refractivity contribution in [1.29, 1.82) is 0 Å². The summed E-state index contributed by atoms with van der Waals surface area (Å²) in [5.74, 6) is 0.827. The molecule has 1 aliphatic heterocycles. The lowest BCUT2D eigenvalue weighted by Gasteiger charge is -2.35. The van der Waals surface area contributed by atoms with E-state index in [1.54, 1.807) is 17.4 Å². The number of sulfonamides is 1. The minimum absolute atomic E-state index is 0. The van der Waals surface area contributed by atoms with E-state index in [0.29, 0.717) is 10.9 Å². The van der Waals surface area contributed by atoms with Crippen molar-refractivity contribution in [2.45, 2.75) is 56.0 Å². The van der Waals surface area contributed by atoms with E-state index < -0.39 is 10.0 Å². The van der Waals surface area contributed by atoms with Crippen molar-refractivity contribution >= 4 is 33.2 Å². The third kappa shape index (κ3) is 4.09. The molecule has 0 aromatic heterocycles. The first-order chi connectivity index (χ1) is 13.0. The second-order valence-electron chi connectivity index (χ2n) is 8.34. The van der Waals surface area contributed by atoms with Crippen LogP contribution in [0, 0.1) is 5.92 Å². The second-order valence-corrected chi connectivity index (χ2v) is 10.3. The molecule has 0 amide bonds. The molecule has 4 rings (SSSR count). The summed E-state index contributed by atoms with van der Waals surface area (Å²) in [6, 6.07) is 13.9. The van der Waals surface area contributed by atoms with Gasteiger partial charge in [-0.1, -0.05) is 43.3 Å². The number of rotatable bonds is 4. The van der Waals surface area contributed by atoms with Crippen molar-refractivity contribution in [3.63, 3.8) is 0 Å². The maximum absolute atomic E-state index is 13.4. The van der Waals surface area contributed by atoms with Crippen molar-refractivity contribution < 1.29 is 8.42 Å². The summed E-state index contributed by atoms with van der Waals surface area (Å²) in [4.78, 5) is 3.02. The lowest BCUT2D eigenvalue weighted by atomic mass is 9.97. The molecule has 2 unspecified atom stereocenters. The number of likely N-dealkylation sites (tertiary alicyclic amines) is 1. The average Bonchev–Trinajstić information content (AvgIpc) is 3.17. The minimum Gasteiger partial charge on any atom is -0.300 e. The predicted octanol–water partition coefficient (Wildman–Crippen LogP) is 4.54. The van der Waals surface area contributed by atoms with Crippen LogP contribution in [-0.2, 0) is 10.0 Å². The Labute approximate surface area is 175 Å². The van der Waals surface area contributed by atoms with E-state index in [1.165, 1.54) is 25.9 Å². The summed E-state index contributed by atoms with van der Waals surface area (Å²) < 4.78 is 28.4. The van der Waals surface area contributed by atoms with Crippen molar-refractivity contribution in [2.75, 3.05) is 20.1 Å². The van der Waals surface area contributed by atoms with Crippen LogP contribution < -0.4 is 0 Å². The van der Waals surface area contributed by atoms with E-state index >= 15 is 0 Å². The van der Waals surface area contributed by atoms with Crippen LogP contribution in [-0.4, -0.2) is 49.8 Å². The highest BCUT2D eigenvalue weighted by Gasteiger charge is 2.37. The minimum atomic E-state index is -3.50. The molecule has 28 heavy (non-hydrogen) atoms. The molecule has 1 saturated carbocycles. The smallest absolute Gasteiger partial charge is 0.243 e. The Morgan fingerprint density at radius 3 is 2.39 bits per heavy atom. The molecule has 2 aromatic rings. The molecular formula is C22H31ClN2O2S. The first-order valence-corrected chi connectivity index (χ1v) is 11.6. The Hall–Kier alpha value is -1.14. The number of hydrogen-bond acceptors (Lipinski definition) is 3. The van der Waals surface area contributed by atoms with Gasteiger partial charge in [0, 0.05) is 24.5 Å². The molecule has 6 heteroatoms. The van der Waals surface area contributed by atoms with Gasteiger partial charge in [-0.05, 0) is 62.6 Å². The Balaban J connectivity index is 0.00000225. The molecule has 0 spiro atoms. The van der Waals surface area contributed by atoms with Gasteiger partial charge in [-0.2, -0.15) is 4.31 Å². The number of benzene rings is 2. The van der Waals surface area contributed by atoms with Gasteiger partial charge in [-0.15, -0.1) is 12.4 Å². The lowest BCUT2D eigenvalue weighted by molar-refractivity contribution is 0.136. The first-order valence-electron chi connectivity index (χ1n) is 10.2. The van der Waals surface area contributed by atoms with Gasteiger partial charge in [0.2, 0.25) is 10.0 Å². The normalized spacial score (nSPS) is 24.5. The molecule has 2 aromatic carbocycles. The van der Waals surface area contributed by atoms with Gasteiger partial charge >= 0.3 is 0 Å². The topological polar surface area (TPSA) is 40.6 Å². The summed E-state index contributed by atoms with van der Waals surface area (Å²) in [6.07, 6.45) is 5.55. The Kier molecular flexibility index (Phi) is 6.70. The lowest BCUT2D eigenvalue weighted by Crippen LogP contribution is -2.41. The van der Waals surface area contributed by atoms with E-state index in [-0.39, 0.29) is 18.4 Å². The summed E-state index contributed by atoms with van der Waals surface area (Å²) in [5, 5.41) is 1.78. The molecule has 1 aliphatic carbocycles. The number of fused-ring (bicyclic) bond motifs is 1. The highest BCUT2D eigenvalue weighted by Crippen LogP contribution is 2.34. The molecule has 1 heterocycles. The van der Waals surface area contributed by atoms with Crippen molar-refractivity contribution in [2.24, 2.45) is 5.92 Å². The van der Waals surface area contributed by atoms with Crippen molar-refractivity contribution in [1.82, 2.24) is 9.21 Å². The zero-order chi connectivity index (χ0) is 19.0. The van der Waals surface area contributed by atoms with Gasteiger partial charge in [-0.3, -0.25) is 0 Å². The number of hydrogen-bond donors (Lipinski definition) is 0. The monoisotopic (exact) mass is 422 g/mol. The van der Waals surface area contributed by atoms with Crippen molar-refractivity contribution in [3.05, 3.63) is 42.5 Å². The quantitative estimate of drug-likeness (QED) is 0.726. The summed E-state index contributed by atoms with van der Waals surface area (Å²) in [6.45, 7) is 4.66. The summed E-state index contributed by atoms with van der Waals surface area (Å²) >= 11 is 0. The molecule has 0 bridgehead atoms. The van der Waals surface area contributed by atoms with Gasteiger partial charge in [0.15, 0.2) is 0 Å². The van der Waals surface area contributed by atoms with Crippen LogP contribution >= 0.6 is 12.4 Å². The molecule has 0 radical (unpaired) electrons. The molecule has 2 atom stereocenters. The number of nitrogens with zero attached hydrogens (tertiary/aromatic N) is 2. The summed E-state index contributed by atoms with van der Waals surface area (Å²) in [5.41, 5.74) is 0. The predicted molar refractivity (Wildman–Crippen MR) is 118 cm³/mol. The molecule has 0 N–H and O–H groups in total. The van der Waals surface area contributed by atoms with Crippen LogP contribution in [0.2, 0.25) is 0 Å². The maximum atomic E-state index is 13.4. The zero-order valence-electron chi connectivity index (χ0n) is 16.8. The fraction of sp³-hybridized carbons (Fsp3) is 0.545. The molecular weight excluding hydrogens is 392 g/mol. The second kappa shape index (κ2) is 8.70. The fourth-order valence-corrected chi connectivity index (χ4v) is 6.37. The first kappa shape index (κ1) is 21.6. The highest BCUT2D eigenvalue weighted by atomic mass is 35.5. The van der Waals surface area contributed by atoms with Gasteiger partial charge in [0.1, 0.15) is 0 Å². The molecule has 4 nitrogen and oxygen atoms in total. The van der Waals surface area contributed by atoms with Crippen molar-refractivity contribution in [3.8, 4) is 0 Å². The van der Waals surface area contributed by atoms with E-state index in [0.717, 1.165) is 36.0 Å². The van der Waals surface area contributed by atoms with Crippen LogP contribution in [0.5, 0.6) is 0 Å². The zero-order valence-corrected chi connectivity index (χ0v) is 18.4. The van der Waals surface area contributed by atoms with Crippen LogP contribution in [0.25, 0.3) is 10.8 Å². The van der Waals surface area contributed by atoms with Crippen LogP contribution in [0.15, 0.2) is 47.4 Å². The average molecular weight is 423 g/mol.